The molecule has 0 unspecified atom stereocenters. The van der Waals surface area contributed by atoms with Gasteiger partial charge in [-0.1, -0.05) is 41.9 Å². The van der Waals surface area contributed by atoms with Crippen LogP contribution in [0.25, 0.3) is 0 Å². The van der Waals surface area contributed by atoms with Crippen molar-refractivity contribution in [1.29, 1.82) is 0 Å². The highest BCUT2D eigenvalue weighted by Crippen LogP contribution is 2.34. The van der Waals surface area contributed by atoms with E-state index in [-0.39, 0.29) is 28.6 Å². The average molecular weight is 292 g/mol. The fourth-order valence-electron chi connectivity index (χ4n) is 1.71. The number of rotatable bonds is 5. The molecule has 0 saturated heterocycles. The number of nitro benzene ring substituents is 1. The van der Waals surface area contributed by atoms with Gasteiger partial charge in [-0.25, -0.2) is 0 Å². The summed E-state index contributed by atoms with van der Waals surface area (Å²) in [7, 11) is 0. The van der Waals surface area contributed by atoms with Crippen LogP contribution in [-0.4, -0.2) is 11.2 Å². The number of nitrogens with zero attached hydrogens (tertiary/aromatic N) is 1. The molecule has 0 N–H and O–H groups in total. The second-order valence-corrected chi connectivity index (χ2v) is 4.43. The van der Waals surface area contributed by atoms with Gasteiger partial charge in [0.15, 0.2) is 6.29 Å². The van der Waals surface area contributed by atoms with Crippen LogP contribution in [-0.2, 0) is 6.61 Å². The van der Waals surface area contributed by atoms with Gasteiger partial charge in [0.1, 0.15) is 6.61 Å². The molecule has 102 valence electrons. The van der Waals surface area contributed by atoms with E-state index in [9.17, 15) is 14.9 Å². The molecule has 0 bridgehead atoms. The van der Waals surface area contributed by atoms with Crippen molar-refractivity contribution in [2.24, 2.45) is 0 Å². The molecule has 2 aromatic carbocycles. The van der Waals surface area contributed by atoms with Crippen molar-refractivity contribution in [2.75, 3.05) is 0 Å². The first-order chi connectivity index (χ1) is 9.61. The van der Waals surface area contributed by atoms with Crippen LogP contribution in [0.3, 0.4) is 0 Å². The normalized spacial score (nSPS) is 10.1. The van der Waals surface area contributed by atoms with Crippen LogP contribution in [0.5, 0.6) is 5.75 Å². The predicted octanol–water partition coefficient (Wildman–Crippen LogP) is 3.64. The minimum atomic E-state index is -0.626. The highest BCUT2D eigenvalue weighted by atomic mass is 35.5. The van der Waals surface area contributed by atoms with E-state index in [0.717, 1.165) is 11.6 Å². The summed E-state index contributed by atoms with van der Waals surface area (Å²) in [6.07, 6.45) is 0.485. The first kappa shape index (κ1) is 14.0. The van der Waals surface area contributed by atoms with Crippen molar-refractivity contribution in [3.05, 3.63) is 68.7 Å². The molecule has 0 radical (unpaired) electrons. The van der Waals surface area contributed by atoms with Gasteiger partial charge in [-0.3, -0.25) is 14.9 Å². The number of hydrogen-bond donors (Lipinski definition) is 0. The summed E-state index contributed by atoms with van der Waals surface area (Å²) in [5, 5.41) is 11.1. The number of hydrogen-bond acceptors (Lipinski definition) is 4. The van der Waals surface area contributed by atoms with Crippen molar-refractivity contribution >= 4 is 23.6 Å². The van der Waals surface area contributed by atoms with Crippen molar-refractivity contribution in [3.8, 4) is 5.75 Å². The van der Waals surface area contributed by atoms with E-state index in [1.807, 2.05) is 30.3 Å². The molecule has 0 heterocycles. The molecule has 0 saturated carbocycles. The fourth-order valence-corrected chi connectivity index (χ4v) is 1.93. The molecule has 0 fully saturated rings. The topological polar surface area (TPSA) is 69.4 Å². The number of aldehydes is 1. The zero-order valence-corrected chi connectivity index (χ0v) is 11.0. The molecule has 2 rings (SSSR count). The number of halogens is 1. The van der Waals surface area contributed by atoms with E-state index < -0.39 is 4.92 Å². The maximum absolute atomic E-state index is 11.0. The second-order valence-electron chi connectivity index (χ2n) is 3.99. The zero-order valence-electron chi connectivity index (χ0n) is 10.3. The lowest BCUT2D eigenvalue weighted by Gasteiger charge is -2.09. The van der Waals surface area contributed by atoms with Crippen LogP contribution in [0, 0.1) is 10.1 Å². The Kier molecular flexibility index (Phi) is 4.32. The summed E-state index contributed by atoms with van der Waals surface area (Å²) in [6.45, 7) is 0.129. The maximum Gasteiger partial charge on any atom is 0.313 e. The zero-order chi connectivity index (χ0) is 14.5. The van der Waals surface area contributed by atoms with Crippen molar-refractivity contribution in [2.45, 2.75) is 6.61 Å². The quantitative estimate of drug-likeness (QED) is 0.479. The summed E-state index contributed by atoms with van der Waals surface area (Å²) in [4.78, 5) is 21.4. The molecular formula is C14H10ClNO4. The van der Waals surface area contributed by atoms with Crippen LogP contribution < -0.4 is 4.74 Å². The third-order valence-electron chi connectivity index (χ3n) is 2.61. The van der Waals surface area contributed by atoms with Gasteiger partial charge in [-0.05, 0) is 11.6 Å². The number of carbonyl (C=O) groups is 1. The van der Waals surface area contributed by atoms with E-state index in [0.29, 0.717) is 6.29 Å². The Hall–Kier alpha value is -2.40. The lowest BCUT2D eigenvalue weighted by atomic mass is 10.2. The molecule has 6 heteroatoms. The van der Waals surface area contributed by atoms with Gasteiger partial charge in [0.25, 0.3) is 0 Å². The van der Waals surface area contributed by atoms with E-state index in [1.54, 1.807) is 0 Å². The van der Waals surface area contributed by atoms with E-state index in [2.05, 4.69) is 0 Å². The summed E-state index contributed by atoms with van der Waals surface area (Å²) >= 11 is 5.74. The molecule has 0 aliphatic heterocycles. The first-order valence-corrected chi connectivity index (χ1v) is 6.09. The van der Waals surface area contributed by atoms with E-state index in [4.69, 9.17) is 16.3 Å². The highest BCUT2D eigenvalue weighted by Gasteiger charge is 2.21. The van der Waals surface area contributed by atoms with Crippen LogP contribution in [0.1, 0.15) is 15.9 Å². The Morgan fingerprint density at radius 2 is 1.95 bits per heavy atom. The molecule has 0 spiro atoms. The largest absolute Gasteiger partial charge is 0.481 e. The number of ether oxygens (including phenoxy) is 1. The third kappa shape index (κ3) is 3.13. The van der Waals surface area contributed by atoms with Crippen LogP contribution in [0.15, 0.2) is 42.5 Å². The van der Waals surface area contributed by atoms with Crippen LogP contribution in [0.2, 0.25) is 5.02 Å². The predicted molar refractivity (Wildman–Crippen MR) is 74.3 cm³/mol. The Morgan fingerprint density at radius 3 is 2.55 bits per heavy atom. The van der Waals surface area contributed by atoms with Gasteiger partial charge in [0.05, 0.1) is 10.5 Å². The average Bonchev–Trinajstić information content (AvgIpc) is 2.46. The van der Waals surface area contributed by atoms with E-state index in [1.165, 1.54) is 6.07 Å². The molecule has 0 aliphatic carbocycles. The molecule has 0 aromatic heterocycles. The summed E-state index contributed by atoms with van der Waals surface area (Å²) in [5.74, 6) is -0.0711. The van der Waals surface area contributed by atoms with Gasteiger partial charge in [-0.15, -0.1) is 0 Å². The maximum atomic E-state index is 11.0. The monoisotopic (exact) mass is 291 g/mol. The van der Waals surface area contributed by atoms with Crippen molar-refractivity contribution in [1.82, 2.24) is 0 Å². The van der Waals surface area contributed by atoms with Crippen molar-refractivity contribution < 1.29 is 14.5 Å². The highest BCUT2D eigenvalue weighted by molar-refractivity contribution is 6.31. The smallest absolute Gasteiger partial charge is 0.313 e. The Balaban J connectivity index is 2.34. The minimum Gasteiger partial charge on any atom is -0.481 e. The third-order valence-corrected chi connectivity index (χ3v) is 2.83. The Morgan fingerprint density at radius 1 is 1.25 bits per heavy atom. The van der Waals surface area contributed by atoms with Gasteiger partial charge in [-0.2, -0.15) is 0 Å². The van der Waals surface area contributed by atoms with Gasteiger partial charge in [0.2, 0.25) is 5.75 Å². The summed E-state index contributed by atoms with van der Waals surface area (Å²) in [5.41, 5.74) is 0.573. The van der Waals surface area contributed by atoms with Crippen LogP contribution in [0.4, 0.5) is 5.69 Å². The van der Waals surface area contributed by atoms with E-state index >= 15 is 0 Å². The Bertz CT molecular complexity index is 643. The Labute approximate surface area is 119 Å². The molecular weight excluding hydrogens is 282 g/mol. The van der Waals surface area contributed by atoms with Gasteiger partial charge >= 0.3 is 5.69 Å². The van der Waals surface area contributed by atoms with Crippen LogP contribution >= 0.6 is 11.6 Å². The van der Waals surface area contributed by atoms with Gasteiger partial charge in [0, 0.05) is 11.1 Å². The number of carbonyl (C=O) groups excluding carboxylic acids is 1. The number of benzene rings is 2. The summed E-state index contributed by atoms with van der Waals surface area (Å²) < 4.78 is 5.43. The molecule has 2 aromatic rings. The molecule has 5 nitrogen and oxygen atoms in total. The van der Waals surface area contributed by atoms with Gasteiger partial charge < -0.3 is 4.74 Å². The first-order valence-electron chi connectivity index (χ1n) is 5.71. The lowest BCUT2D eigenvalue weighted by molar-refractivity contribution is -0.385. The standard InChI is InChI=1S/C14H10ClNO4/c15-12-6-11(8-17)14(13(7-12)16(18)19)20-9-10-4-2-1-3-5-10/h1-8H,9H2. The molecule has 0 atom stereocenters. The molecule has 0 aliphatic rings. The number of nitro groups is 1. The lowest BCUT2D eigenvalue weighted by Crippen LogP contribution is -2.02. The fraction of sp³-hybridized carbons (Fsp3) is 0.0714. The summed E-state index contributed by atoms with van der Waals surface area (Å²) in [6, 6.07) is 11.7. The minimum absolute atomic E-state index is 0.0557. The second kappa shape index (κ2) is 6.16. The molecule has 0 amide bonds. The SMILES string of the molecule is O=Cc1cc(Cl)cc([N+](=O)[O-])c1OCc1ccccc1. The van der Waals surface area contributed by atoms with Crippen molar-refractivity contribution in [3.63, 3.8) is 0 Å². The molecule has 20 heavy (non-hydrogen) atoms.